The van der Waals surface area contributed by atoms with E-state index < -0.39 is 0 Å². The van der Waals surface area contributed by atoms with Crippen LogP contribution in [-0.4, -0.2) is 37.8 Å². The summed E-state index contributed by atoms with van der Waals surface area (Å²) in [6, 6.07) is 0. The van der Waals surface area contributed by atoms with Crippen LogP contribution >= 0.6 is 11.6 Å². The number of Topliss-reactive ketones (excluding diaryl/α,β-unsaturated/α-hetero) is 1. The maximum absolute atomic E-state index is 11.0. The third-order valence-electron chi connectivity index (χ3n) is 2.07. The number of hydrogen-bond donors (Lipinski definition) is 1. The topological polar surface area (TPSA) is 55.4 Å². The smallest absolute Gasteiger partial charge is 0.293 e. The van der Waals surface area contributed by atoms with E-state index in [1.807, 2.05) is 0 Å². The zero-order valence-electron chi connectivity index (χ0n) is 9.00. The van der Waals surface area contributed by atoms with Crippen LogP contribution in [0.3, 0.4) is 0 Å². The minimum atomic E-state index is 0.249. The highest BCUT2D eigenvalue weighted by Crippen LogP contribution is 2.11. The molecule has 1 saturated heterocycles. The molecule has 1 heterocycles. The van der Waals surface area contributed by atoms with Gasteiger partial charge in [-0.1, -0.05) is 0 Å². The minimum Gasteiger partial charge on any atom is -0.468 e. The lowest BCUT2D eigenvalue weighted by atomic mass is 10.0. The summed E-state index contributed by atoms with van der Waals surface area (Å²) in [4.78, 5) is 20.2. The quantitative estimate of drug-likeness (QED) is 0.570. The van der Waals surface area contributed by atoms with Gasteiger partial charge in [-0.3, -0.25) is 9.59 Å². The van der Waals surface area contributed by atoms with Crippen LogP contribution < -0.4 is 5.32 Å². The van der Waals surface area contributed by atoms with Crippen molar-refractivity contribution in [3.8, 4) is 0 Å². The summed E-state index contributed by atoms with van der Waals surface area (Å²) < 4.78 is 4.15. The van der Waals surface area contributed by atoms with Crippen LogP contribution in [0.15, 0.2) is 0 Å². The molecule has 1 unspecified atom stereocenters. The fourth-order valence-corrected chi connectivity index (χ4v) is 1.44. The maximum Gasteiger partial charge on any atom is 0.293 e. The van der Waals surface area contributed by atoms with Gasteiger partial charge in [0.2, 0.25) is 0 Å². The van der Waals surface area contributed by atoms with Crippen molar-refractivity contribution in [1.82, 2.24) is 5.32 Å². The molecule has 0 aromatic rings. The molecule has 0 saturated carbocycles. The van der Waals surface area contributed by atoms with Crippen LogP contribution in [0.1, 0.15) is 19.8 Å². The minimum absolute atomic E-state index is 0.249. The third kappa shape index (κ3) is 7.33. The molecule has 0 bridgehead atoms. The third-order valence-corrected chi connectivity index (χ3v) is 2.33. The van der Waals surface area contributed by atoms with Gasteiger partial charge in [-0.2, -0.15) is 0 Å². The highest BCUT2D eigenvalue weighted by Gasteiger charge is 2.22. The van der Waals surface area contributed by atoms with E-state index in [0.717, 1.165) is 19.4 Å². The van der Waals surface area contributed by atoms with E-state index in [9.17, 15) is 9.59 Å². The molecule has 5 heteroatoms. The van der Waals surface area contributed by atoms with E-state index in [1.165, 1.54) is 0 Å². The van der Waals surface area contributed by atoms with Crippen LogP contribution in [0.4, 0.5) is 0 Å². The number of carbonyl (C=O) groups excluding carboxylic acids is 2. The average Bonchev–Trinajstić information content (AvgIpc) is 2.63. The molecule has 0 amide bonds. The Balaban J connectivity index is 0.000000336. The summed E-state index contributed by atoms with van der Waals surface area (Å²) in [5.74, 6) is 1.27. The van der Waals surface area contributed by atoms with Crippen LogP contribution in [0.5, 0.6) is 0 Å². The second-order valence-corrected chi connectivity index (χ2v) is 3.55. The highest BCUT2D eigenvalue weighted by atomic mass is 35.5. The first kappa shape index (κ1) is 14.4. The van der Waals surface area contributed by atoms with Crippen LogP contribution in [0.2, 0.25) is 0 Å². The SMILES string of the molecule is CCOC=O.O=C1CNCC1CCCCl. The first-order valence-corrected chi connectivity index (χ1v) is 5.64. The Kier molecular flexibility index (Phi) is 9.52. The van der Waals surface area contributed by atoms with Gasteiger partial charge in [-0.25, -0.2) is 0 Å². The number of halogens is 1. The summed E-state index contributed by atoms with van der Waals surface area (Å²) >= 11 is 5.50. The number of hydrogen-bond acceptors (Lipinski definition) is 4. The Morgan fingerprint density at radius 2 is 2.40 bits per heavy atom. The van der Waals surface area contributed by atoms with Crippen molar-refractivity contribution < 1.29 is 14.3 Å². The summed E-state index contributed by atoms with van der Waals surface area (Å²) in [5.41, 5.74) is 0. The first-order chi connectivity index (χ1) is 7.26. The van der Waals surface area contributed by atoms with Gasteiger partial charge in [-0.05, 0) is 19.8 Å². The summed E-state index contributed by atoms with van der Waals surface area (Å²) in [6.45, 7) is 4.08. The Labute approximate surface area is 95.3 Å². The standard InChI is InChI=1S/C7H12ClNO.C3H6O2/c8-3-1-2-6-4-9-5-7(6)10;1-2-5-3-4/h6,9H,1-5H2;3H,2H2,1H3. The first-order valence-electron chi connectivity index (χ1n) is 5.10. The summed E-state index contributed by atoms with van der Waals surface area (Å²) in [5, 5.41) is 3.04. The number of alkyl halides is 1. The molecule has 1 fully saturated rings. The maximum atomic E-state index is 11.0. The molecule has 4 nitrogen and oxygen atoms in total. The molecule has 88 valence electrons. The fourth-order valence-electron chi connectivity index (χ4n) is 1.28. The van der Waals surface area contributed by atoms with Gasteiger partial charge >= 0.3 is 0 Å². The number of nitrogens with one attached hydrogen (secondary N) is 1. The highest BCUT2D eigenvalue weighted by molar-refractivity contribution is 6.17. The van der Waals surface area contributed by atoms with E-state index in [4.69, 9.17) is 11.6 Å². The fraction of sp³-hybridized carbons (Fsp3) is 0.800. The zero-order chi connectivity index (χ0) is 11.5. The second-order valence-electron chi connectivity index (χ2n) is 3.18. The summed E-state index contributed by atoms with van der Waals surface area (Å²) in [6.07, 6.45) is 1.91. The normalized spacial score (nSPS) is 19.3. The van der Waals surface area contributed by atoms with E-state index in [2.05, 4.69) is 10.1 Å². The lowest BCUT2D eigenvalue weighted by Crippen LogP contribution is -2.10. The van der Waals surface area contributed by atoms with Gasteiger partial charge in [0, 0.05) is 18.3 Å². The van der Waals surface area contributed by atoms with E-state index >= 15 is 0 Å². The van der Waals surface area contributed by atoms with E-state index in [-0.39, 0.29) is 5.92 Å². The molecule has 0 aliphatic carbocycles. The van der Waals surface area contributed by atoms with E-state index in [1.54, 1.807) is 6.92 Å². The zero-order valence-corrected chi connectivity index (χ0v) is 9.76. The Hall–Kier alpha value is -0.610. The molecule has 0 aromatic carbocycles. The molecular weight excluding hydrogens is 218 g/mol. The van der Waals surface area contributed by atoms with Gasteiger partial charge in [0.1, 0.15) is 0 Å². The van der Waals surface area contributed by atoms with Crippen molar-refractivity contribution >= 4 is 23.9 Å². The molecule has 1 aliphatic heterocycles. The lowest BCUT2D eigenvalue weighted by molar-refractivity contribution is -0.128. The van der Waals surface area contributed by atoms with Crippen molar-refractivity contribution in [2.45, 2.75) is 19.8 Å². The molecule has 1 aliphatic rings. The van der Waals surface area contributed by atoms with Crippen molar-refractivity contribution in [2.24, 2.45) is 5.92 Å². The van der Waals surface area contributed by atoms with Crippen molar-refractivity contribution in [1.29, 1.82) is 0 Å². The Morgan fingerprint density at radius 3 is 2.73 bits per heavy atom. The summed E-state index contributed by atoms with van der Waals surface area (Å²) in [7, 11) is 0. The van der Waals surface area contributed by atoms with Gasteiger partial charge in [0.05, 0.1) is 13.2 Å². The van der Waals surface area contributed by atoms with Crippen LogP contribution in [0.25, 0.3) is 0 Å². The molecule has 1 rings (SSSR count). The monoisotopic (exact) mass is 235 g/mol. The molecule has 1 atom stereocenters. The Morgan fingerprint density at radius 1 is 1.67 bits per heavy atom. The van der Waals surface area contributed by atoms with E-state index in [0.29, 0.717) is 31.3 Å². The Bertz CT molecular complexity index is 188. The van der Waals surface area contributed by atoms with Gasteiger partial charge in [-0.15, -0.1) is 11.6 Å². The van der Waals surface area contributed by atoms with Gasteiger partial charge in [0.25, 0.3) is 6.47 Å². The number of ether oxygens (including phenoxy) is 1. The number of carbonyl (C=O) groups is 2. The van der Waals surface area contributed by atoms with Crippen LogP contribution in [-0.2, 0) is 14.3 Å². The molecule has 15 heavy (non-hydrogen) atoms. The predicted molar refractivity (Wildman–Crippen MR) is 59.0 cm³/mol. The van der Waals surface area contributed by atoms with Crippen LogP contribution in [0, 0.1) is 5.92 Å². The molecule has 0 aromatic heterocycles. The van der Waals surface area contributed by atoms with Crippen molar-refractivity contribution in [3.05, 3.63) is 0 Å². The predicted octanol–water partition coefficient (Wildman–Crippen LogP) is 0.973. The largest absolute Gasteiger partial charge is 0.468 e. The average molecular weight is 236 g/mol. The number of rotatable bonds is 5. The van der Waals surface area contributed by atoms with Gasteiger partial charge < -0.3 is 10.1 Å². The number of ketones is 1. The molecular formula is C10H18ClNO3. The second kappa shape index (κ2) is 9.93. The van der Waals surface area contributed by atoms with Crippen molar-refractivity contribution in [3.63, 3.8) is 0 Å². The molecule has 1 N–H and O–H groups in total. The van der Waals surface area contributed by atoms with Crippen molar-refractivity contribution in [2.75, 3.05) is 25.6 Å². The van der Waals surface area contributed by atoms with Gasteiger partial charge in [0.15, 0.2) is 5.78 Å². The molecule has 0 radical (unpaired) electrons. The molecule has 0 spiro atoms. The lowest BCUT2D eigenvalue weighted by Gasteiger charge is -2.02.